The number of carbonyl (C=O) groups excluding carboxylic acids is 1. The zero-order valence-electron chi connectivity index (χ0n) is 12.3. The molecule has 1 amide bonds. The van der Waals surface area contributed by atoms with Gasteiger partial charge in [-0.15, -0.1) is 11.3 Å². The van der Waals surface area contributed by atoms with Crippen LogP contribution in [0.5, 0.6) is 5.75 Å². The van der Waals surface area contributed by atoms with Gasteiger partial charge in [0.15, 0.2) is 0 Å². The summed E-state index contributed by atoms with van der Waals surface area (Å²) in [6.45, 7) is 3.49. The number of nitrogens with zero attached hydrogens (tertiary/aromatic N) is 1. The van der Waals surface area contributed by atoms with Gasteiger partial charge in [0.25, 0.3) is 5.91 Å². The molecule has 0 bridgehead atoms. The molecule has 0 atom stereocenters. The standard InChI is InChI=1S/C15H20N2O2S/c1-10-12-9-11(19-4)5-6-13(12)20-14(10)15(18)17(3)8-7-16-2/h5-6,9,16H,7-8H2,1-4H3. The summed E-state index contributed by atoms with van der Waals surface area (Å²) in [4.78, 5) is 15.0. The fourth-order valence-electron chi connectivity index (χ4n) is 2.09. The number of likely N-dealkylation sites (N-methyl/N-ethyl adjacent to an activating group) is 2. The SMILES string of the molecule is CNCCN(C)C(=O)c1sc2ccc(OC)cc2c1C. The number of rotatable bonds is 5. The molecule has 1 aromatic heterocycles. The van der Waals surface area contributed by atoms with Gasteiger partial charge in [0, 0.05) is 24.8 Å². The molecule has 0 saturated heterocycles. The summed E-state index contributed by atoms with van der Waals surface area (Å²) in [5.74, 6) is 0.902. The fraction of sp³-hybridized carbons (Fsp3) is 0.400. The number of ether oxygens (including phenoxy) is 1. The van der Waals surface area contributed by atoms with E-state index < -0.39 is 0 Å². The van der Waals surface area contributed by atoms with E-state index in [2.05, 4.69) is 5.32 Å². The second-order valence-corrected chi connectivity index (χ2v) is 5.80. The van der Waals surface area contributed by atoms with Crippen molar-refractivity contribution < 1.29 is 9.53 Å². The Kier molecular flexibility index (Phi) is 4.62. The van der Waals surface area contributed by atoms with Crippen LogP contribution in [-0.4, -0.2) is 45.1 Å². The second kappa shape index (κ2) is 6.24. The summed E-state index contributed by atoms with van der Waals surface area (Å²) in [5, 5.41) is 4.15. The minimum absolute atomic E-state index is 0.0814. The molecule has 20 heavy (non-hydrogen) atoms. The number of carbonyl (C=O) groups is 1. The van der Waals surface area contributed by atoms with Crippen molar-refractivity contribution in [2.75, 3.05) is 34.3 Å². The minimum atomic E-state index is 0.0814. The van der Waals surface area contributed by atoms with Gasteiger partial charge in [-0.25, -0.2) is 0 Å². The molecule has 0 saturated carbocycles. The first-order chi connectivity index (χ1) is 9.58. The van der Waals surface area contributed by atoms with E-state index >= 15 is 0 Å². The topological polar surface area (TPSA) is 41.6 Å². The third kappa shape index (κ3) is 2.78. The molecule has 1 N–H and O–H groups in total. The number of thiophene rings is 1. The number of nitrogens with one attached hydrogen (secondary N) is 1. The molecule has 5 heteroatoms. The molecular weight excluding hydrogens is 272 g/mol. The van der Waals surface area contributed by atoms with Crippen LogP contribution in [0, 0.1) is 6.92 Å². The highest BCUT2D eigenvalue weighted by atomic mass is 32.1. The quantitative estimate of drug-likeness (QED) is 0.920. The van der Waals surface area contributed by atoms with E-state index in [9.17, 15) is 4.79 Å². The smallest absolute Gasteiger partial charge is 0.264 e. The maximum absolute atomic E-state index is 12.5. The van der Waals surface area contributed by atoms with E-state index in [4.69, 9.17) is 4.74 Å². The summed E-state index contributed by atoms with van der Waals surface area (Å²) in [5.41, 5.74) is 1.03. The van der Waals surface area contributed by atoms with Crippen LogP contribution in [0.4, 0.5) is 0 Å². The second-order valence-electron chi connectivity index (χ2n) is 4.75. The number of hydrogen-bond acceptors (Lipinski definition) is 4. The number of benzene rings is 1. The average Bonchev–Trinajstić information content (AvgIpc) is 2.80. The Morgan fingerprint density at radius 1 is 1.45 bits per heavy atom. The van der Waals surface area contributed by atoms with Gasteiger partial charge in [0.05, 0.1) is 12.0 Å². The molecule has 4 nitrogen and oxygen atoms in total. The van der Waals surface area contributed by atoms with Crippen molar-refractivity contribution in [1.82, 2.24) is 10.2 Å². The summed E-state index contributed by atoms with van der Waals surface area (Å²) in [6.07, 6.45) is 0. The monoisotopic (exact) mass is 292 g/mol. The maximum Gasteiger partial charge on any atom is 0.264 e. The van der Waals surface area contributed by atoms with Crippen LogP contribution in [0.2, 0.25) is 0 Å². The molecule has 0 fully saturated rings. The first-order valence-electron chi connectivity index (χ1n) is 6.55. The lowest BCUT2D eigenvalue weighted by atomic mass is 10.1. The number of fused-ring (bicyclic) bond motifs is 1. The van der Waals surface area contributed by atoms with E-state index in [-0.39, 0.29) is 5.91 Å². The Morgan fingerprint density at radius 3 is 2.85 bits per heavy atom. The summed E-state index contributed by atoms with van der Waals surface area (Å²) in [7, 11) is 5.37. The van der Waals surface area contributed by atoms with Crippen molar-refractivity contribution in [3.05, 3.63) is 28.6 Å². The predicted octanol–water partition coefficient (Wildman–Crippen LogP) is 2.51. The third-order valence-electron chi connectivity index (χ3n) is 3.38. The molecule has 1 aromatic carbocycles. The molecule has 0 radical (unpaired) electrons. The van der Waals surface area contributed by atoms with Crippen molar-refractivity contribution in [3.8, 4) is 5.75 Å². The summed E-state index contributed by atoms with van der Waals surface area (Å²) < 4.78 is 6.37. The Balaban J connectivity index is 2.35. The molecule has 108 valence electrons. The number of amides is 1. The van der Waals surface area contributed by atoms with Crippen LogP contribution >= 0.6 is 11.3 Å². The van der Waals surface area contributed by atoms with Gasteiger partial charge in [-0.2, -0.15) is 0 Å². The average molecular weight is 292 g/mol. The molecule has 1 heterocycles. The highest BCUT2D eigenvalue weighted by Crippen LogP contribution is 2.33. The van der Waals surface area contributed by atoms with Crippen molar-refractivity contribution in [2.45, 2.75) is 6.92 Å². The predicted molar refractivity (Wildman–Crippen MR) is 84.0 cm³/mol. The highest BCUT2D eigenvalue weighted by molar-refractivity contribution is 7.21. The summed E-state index contributed by atoms with van der Waals surface area (Å²) in [6, 6.07) is 5.93. The normalized spacial score (nSPS) is 10.8. The lowest BCUT2D eigenvalue weighted by Gasteiger charge is -2.16. The van der Waals surface area contributed by atoms with Crippen molar-refractivity contribution >= 4 is 27.3 Å². The van der Waals surface area contributed by atoms with E-state index in [0.29, 0.717) is 6.54 Å². The van der Waals surface area contributed by atoms with Gasteiger partial charge in [-0.1, -0.05) is 0 Å². The van der Waals surface area contributed by atoms with Gasteiger partial charge >= 0.3 is 0 Å². The Morgan fingerprint density at radius 2 is 2.20 bits per heavy atom. The van der Waals surface area contributed by atoms with Gasteiger partial charge < -0.3 is 15.0 Å². The molecular formula is C15H20N2O2S. The van der Waals surface area contributed by atoms with Crippen LogP contribution in [0.15, 0.2) is 18.2 Å². The molecule has 2 aromatic rings. The van der Waals surface area contributed by atoms with E-state index in [0.717, 1.165) is 32.8 Å². The van der Waals surface area contributed by atoms with Gasteiger partial charge in [-0.05, 0) is 43.1 Å². The minimum Gasteiger partial charge on any atom is -0.497 e. The molecule has 0 aliphatic carbocycles. The van der Waals surface area contributed by atoms with E-state index in [1.54, 1.807) is 23.3 Å². The molecule has 0 unspecified atom stereocenters. The Bertz CT molecular complexity index is 622. The largest absolute Gasteiger partial charge is 0.497 e. The van der Waals surface area contributed by atoms with Crippen molar-refractivity contribution in [3.63, 3.8) is 0 Å². The van der Waals surface area contributed by atoms with Crippen LogP contribution in [0.3, 0.4) is 0 Å². The molecule has 0 aliphatic heterocycles. The first-order valence-corrected chi connectivity index (χ1v) is 7.37. The van der Waals surface area contributed by atoms with E-state index in [1.165, 1.54) is 0 Å². The van der Waals surface area contributed by atoms with Gasteiger partial charge in [0.1, 0.15) is 5.75 Å². The Labute approximate surface area is 123 Å². The van der Waals surface area contributed by atoms with Crippen LogP contribution in [0.1, 0.15) is 15.2 Å². The number of methoxy groups -OCH3 is 1. The zero-order chi connectivity index (χ0) is 14.7. The maximum atomic E-state index is 12.5. The van der Waals surface area contributed by atoms with Gasteiger partial charge in [0.2, 0.25) is 0 Å². The van der Waals surface area contributed by atoms with Crippen LogP contribution in [0.25, 0.3) is 10.1 Å². The molecule has 0 aliphatic rings. The van der Waals surface area contributed by atoms with Crippen molar-refractivity contribution in [1.29, 1.82) is 0 Å². The van der Waals surface area contributed by atoms with Crippen molar-refractivity contribution in [2.24, 2.45) is 0 Å². The lowest BCUT2D eigenvalue weighted by Crippen LogP contribution is -2.32. The highest BCUT2D eigenvalue weighted by Gasteiger charge is 2.18. The van der Waals surface area contributed by atoms with Gasteiger partial charge in [-0.3, -0.25) is 4.79 Å². The zero-order valence-corrected chi connectivity index (χ0v) is 13.1. The number of aryl methyl sites for hydroxylation is 1. The Hall–Kier alpha value is -1.59. The lowest BCUT2D eigenvalue weighted by molar-refractivity contribution is 0.0801. The van der Waals surface area contributed by atoms with Crippen LogP contribution < -0.4 is 10.1 Å². The molecule has 0 spiro atoms. The van der Waals surface area contributed by atoms with Crippen LogP contribution in [-0.2, 0) is 0 Å². The molecule has 2 rings (SSSR count). The first kappa shape index (κ1) is 14.8. The number of hydrogen-bond donors (Lipinski definition) is 1. The van der Waals surface area contributed by atoms with E-state index in [1.807, 2.05) is 39.2 Å². The fourth-order valence-corrected chi connectivity index (χ4v) is 3.27. The summed E-state index contributed by atoms with van der Waals surface area (Å²) >= 11 is 1.55. The third-order valence-corrected chi connectivity index (χ3v) is 4.64.